The summed E-state index contributed by atoms with van der Waals surface area (Å²) in [5.41, 5.74) is 3.46. The van der Waals surface area contributed by atoms with E-state index in [4.69, 9.17) is 0 Å². The summed E-state index contributed by atoms with van der Waals surface area (Å²) in [6, 6.07) is 18.7. The number of carbonyl (C=O) groups is 2. The standard InChI is InChI=1S/C27H34N4O2/c1-28-25-10-6-5-7-23(25)20-31(27(28)33)19-21-11-13-22(14-12-21)26(32)30-17-15-29(16-18-30)24-8-3-2-4-9-24/h2-10,21-22H,11-20H2,1H3. The summed E-state index contributed by atoms with van der Waals surface area (Å²) in [6.45, 7) is 4.88. The summed E-state index contributed by atoms with van der Waals surface area (Å²) in [4.78, 5) is 34.2. The lowest BCUT2D eigenvalue weighted by Crippen LogP contribution is -2.51. The Morgan fingerprint density at radius 2 is 1.55 bits per heavy atom. The minimum atomic E-state index is 0.0863. The molecule has 3 amide bonds. The van der Waals surface area contributed by atoms with E-state index in [1.807, 2.05) is 36.2 Å². The van der Waals surface area contributed by atoms with Crippen LogP contribution < -0.4 is 9.80 Å². The van der Waals surface area contributed by atoms with Gasteiger partial charge in [-0.3, -0.25) is 9.69 Å². The van der Waals surface area contributed by atoms with E-state index in [9.17, 15) is 9.59 Å². The quantitative estimate of drug-likeness (QED) is 0.707. The molecule has 3 aliphatic rings. The van der Waals surface area contributed by atoms with Crippen LogP contribution in [-0.4, -0.2) is 61.5 Å². The molecule has 0 unspecified atom stereocenters. The second kappa shape index (κ2) is 9.46. The Bertz CT molecular complexity index is 979. The van der Waals surface area contributed by atoms with Crippen LogP contribution in [0.4, 0.5) is 16.2 Å². The van der Waals surface area contributed by atoms with Gasteiger partial charge in [0.1, 0.15) is 0 Å². The van der Waals surface area contributed by atoms with E-state index in [2.05, 4.69) is 40.1 Å². The normalized spacial score (nSPS) is 23.5. The number of hydrogen-bond acceptors (Lipinski definition) is 3. The third kappa shape index (κ3) is 4.56. The molecule has 2 heterocycles. The molecule has 0 radical (unpaired) electrons. The van der Waals surface area contributed by atoms with Gasteiger partial charge in [-0.05, 0) is 55.4 Å². The third-order valence-corrected chi connectivity index (χ3v) is 7.66. The Hall–Kier alpha value is -3.02. The van der Waals surface area contributed by atoms with Crippen LogP contribution in [-0.2, 0) is 11.3 Å². The first-order valence-electron chi connectivity index (χ1n) is 12.3. The molecule has 6 heteroatoms. The van der Waals surface area contributed by atoms with Crippen LogP contribution in [0.15, 0.2) is 54.6 Å². The van der Waals surface area contributed by atoms with Crippen molar-refractivity contribution in [2.24, 2.45) is 11.8 Å². The fraction of sp³-hybridized carbons (Fsp3) is 0.481. The lowest BCUT2D eigenvalue weighted by atomic mass is 9.81. The van der Waals surface area contributed by atoms with Crippen LogP contribution in [0.2, 0.25) is 0 Å². The summed E-state index contributed by atoms with van der Waals surface area (Å²) in [7, 11) is 1.86. The number of hydrogen-bond donors (Lipinski definition) is 0. The molecule has 6 nitrogen and oxygen atoms in total. The number of carbonyl (C=O) groups excluding carboxylic acids is 2. The number of urea groups is 1. The molecule has 33 heavy (non-hydrogen) atoms. The van der Waals surface area contributed by atoms with Crippen LogP contribution in [0.25, 0.3) is 0 Å². The van der Waals surface area contributed by atoms with Gasteiger partial charge < -0.3 is 14.7 Å². The summed E-state index contributed by atoms with van der Waals surface area (Å²) in [5.74, 6) is 0.959. The molecular weight excluding hydrogens is 412 g/mol. The van der Waals surface area contributed by atoms with E-state index in [0.717, 1.165) is 64.1 Å². The second-order valence-electron chi connectivity index (χ2n) is 9.72. The Morgan fingerprint density at radius 1 is 0.879 bits per heavy atom. The van der Waals surface area contributed by atoms with Gasteiger partial charge >= 0.3 is 6.03 Å². The van der Waals surface area contributed by atoms with Gasteiger partial charge in [0.25, 0.3) is 0 Å². The monoisotopic (exact) mass is 446 g/mol. The number of fused-ring (bicyclic) bond motifs is 1. The van der Waals surface area contributed by atoms with Crippen molar-refractivity contribution in [3.63, 3.8) is 0 Å². The van der Waals surface area contributed by atoms with Gasteiger partial charge in [0, 0.05) is 57.9 Å². The molecule has 1 saturated heterocycles. The molecular formula is C27H34N4O2. The Morgan fingerprint density at radius 3 is 2.27 bits per heavy atom. The highest BCUT2D eigenvalue weighted by atomic mass is 16.2. The van der Waals surface area contributed by atoms with E-state index in [0.29, 0.717) is 18.4 Å². The third-order valence-electron chi connectivity index (χ3n) is 7.66. The van der Waals surface area contributed by atoms with E-state index in [-0.39, 0.29) is 11.9 Å². The van der Waals surface area contributed by atoms with Crippen molar-refractivity contribution in [3.8, 4) is 0 Å². The summed E-state index contributed by atoms with van der Waals surface area (Å²) in [6.07, 6.45) is 3.93. The fourth-order valence-corrected chi connectivity index (χ4v) is 5.69. The highest BCUT2D eigenvalue weighted by Crippen LogP contribution is 2.33. The molecule has 174 valence electrons. The average molecular weight is 447 g/mol. The average Bonchev–Trinajstić information content (AvgIpc) is 2.88. The molecule has 0 N–H and O–H groups in total. The maximum Gasteiger partial charge on any atom is 0.324 e. The highest BCUT2D eigenvalue weighted by molar-refractivity contribution is 5.94. The highest BCUT2D eigenvalue weighted by Gasteiger charge is 2.34. The number of amides is 3. The van der Waals surface area contributed by atoms with Crippen molar-refractivity contribution in [3.05, 3.63) is 60.2 Å². The largest absolute Gasteiger partial charge is 0.368 e. The Labute approximate surface area is 196 Å². The van der Waals surface area contributed by atoms with Crippen molar-refractivity contribution in [1.82, 2.24) is 9.80 Å². The van der Waals surface area contributed by atoms with Gasteiger partial charge in [-0.1, -0.05) is 36.4 Å². The molecule has 5 rings (SSSR count). The molecule has 0 aromatic heterocycles. The van der Waals surface area contributed by atoms with Gasteiger partial charge in [-0.2, -0.15) is 0 Å². The second-order valence-corrected chi connectivity index (χ2v) is 9.72. The first kappa shape index (κ1) is 21.8. The molecule has 2 aromatic rings. The van der Waals surface area contributed by atoms with Crippen molar-refractivity contribution in [2.75, 3.05) is 49.6 Å². The van der Waals surface area contributed by atoms with Gasteiger partial charge in [0.05, 0.1) is 5.69 Å². The van der Waals surface area contributed by atoms with Crippen molar-refractivity contribution in [2.45, 2.75) is 32.2 Å². The van der Waals surface area contributed by atoms with E-state index in [1.165, 1.54) is 11.3 Å². The van der Waals surface area contributed by atoms with Crippen LogP contribution >= 0.6 is 0 Å². The molecule has 2 aromatic carbocycles. The molecule has 2 fully saturated rings. The predicted molar refractivity (Wildman–Crippen MR) is 131 cm³/mol. The topological polar surface area (TPSA) is 47.1 Å². The van der Waals surface area contributed by atoms with Crippen LogP contribution in [0.3, 0.4) is 0 Å². The first-order chi connectivity index (χ1) is 16.1. The Balaban J connectivity index is 1.10. The van der Waals surface area contributed by atoms with Crippen LogP contribution in [0.1, 0.15) is 31.2 Å². The predicted octanol–water partition coefficient (Wildman–Crippen LogP) is 4.21. The zero-order valence-electron chi connectivity index (χ0n) is 19.5. The van der Waals surface area contributed by atoms with Gasteiger partial charge in [0.2, 0.25) is 5.91 Å². The molecule has 2 aliphatic heterocycles. The number of anilines is 2. The van der Waals surface area contributed by atoms with E-state index >= 15 is 0 Å². The smallest absolute Gasteiger partial charge is 0.324 e. The molecule has 0 bridgehead atoms. The van der Waals surface area contributed by atoms with E-state index < -0.39 is 0 Å². The van der Waals surface area contributed by atoms with Crippen LogP contribution in [0.5, 0.6) is 0 Å². The number of para-hydroxylation sites is 2. The number of nitrogens with zero attached hydrogens (tertiary/aromatic N) is 4. The van der Waals surface area contributed by atoms with Gasteiger partial charge in [-0.25, -0.2) is 4.79 Å². The maximum atomic E-state index is 13.2. The minimum Gasteiger partial charge on any atom is -0.368 e. The molecule has 1 saturated carbocycles. The van der Waals surface area contributed by atoms with Crippen molar-refractivity contribution in [1.29, 1.82) is 0 Å². The number of piperazine rings is 1. The summed E-state index contributed by atoms with van der Waals surface area (Å²) in [5, 5.41) is 0. The molecule has 1 aliphatic carbocycles. The molecule has 0 atom stereocenters. The lowest BCUT2D eigenvalue weighted by molar-refractivity contribution is -0.137. The number of benzene rings is 2. The lowest BCUT2D eigenvalue weighted by Gasteiger charge is -2.40. The zero-order valence-corrected chi connectivity index (χ0v) is 19.5. The summed E-state index contributed by atoms with van der Waals surface area (Å²) < 4.78 is 0. The van der Waals surface area contributed by atoms with Gasteiger partial charge in [-0.15, -0.1) is 0 Å². The molecule has 0 spiro atoms. The maximum absolute atomic E-state index is 13.2. The van der Waals surface area contributed by atoms with Crippen LogP contribution in [0, 0.1) is 11.8 Å². The number of rotatable bonds is 4. The fourth-order valence-electron chi connectivity index (χ4n) is 5.69. The zero-order chi connectivity index (χ0) is 22.8. The SMILES string of the molecule is CN1C(=O)N(CC2CCC(C(=O)N3CCN(c4ccccc4)CC3)CC2)Cc2ccccc21. The Kier molecular flexibility index (Phi) is 6.25. The first-order valence-corrected chi connectivity index (χ1v) is 12.3. The minimum absolute atomic E-state index is 0.0863. The van der Waals surface area contributed by atoms with Gasteiger partial charge in [0.15, 0.2) is 0 Å². The summed E-state index contributed by atoms with van der Waals surface area (Å²) >= 11 is 0. The van der Waals surface area contributed by atoms with Crippen molar-refractivity contribution >= 4 is 23.3 Å². The van der Waals surface area contributed by atoms with Crippen molar-refractivity contribution < 1.29 is 9.59 Å². The van der Waals surface area contributed by atoms with E-state index in [1.54, 1.807) is 4.90 Å².